The van der Waals surface area contributed by atoms with Crippen molar-refractivity contribution in [3.8, 4) is 22.6 Å². The summed E-state index contributed by atoms with van der Waals surface area (Å²) in [5.74, 6) is -5.28. The van der Waals surface area contributed by atoms with Crippen molar-refractivity contribution in [2.45, 2.75) is 44.4 Å². The minimum Gasteiger partial charge on any atom is -0.508 e. The number of primary amides is 1. The van der Waals surface area contributed by atoms with E-state index in [0.717, 1.165) is 6.21 Å². The van der Waals surface area contributed by atoms with Gasteiger partial charge >= 0.3 is 0 Å². The van der Waals surface area contributed by atoms with Crippen LogP contribution in [0.2, 0.25) is 0 Å². The average molecular weight is 552 g/mol. The lowest BCUT2D eigenvalue weighted by Gasteiger charge is -2.46. The number of aliphatic hydroxyl groups is 3. The molecule has 210 valence electrons. The molecule has 3 aliphatic rings. The fourth-order valence-corrected chi connectivity index (χ4v) is 6.23. The van der Waals surface area contributed by atoms with Crippen LogP contribution in [0.25, 0.3) is 11.1 Å². The predicted octanol–water partition coefficient (Wildman–Crippen LogP) is 0.630. The molecule has 1 aliphatic heterocycles. The van der Waals surface area contributed by atoms with E-state index in [-0.39, 0.29) is 40.9 Å². The van der Waals surface area contributed by atoms with Crippen molar-refractivity contribution in [1.29, 1.82) is 0 Å². The van der Waals surface area contributed by atoms with Gasteiger partial charge in [0.15, 0.2) is 22.8 Å². The average Bonchev–Trinajstić information content (AvgIpc) is 2.98. The van der Waals surface area contributed by atoms with Gasteiger partial charge in [-0.1, -0.05) is 6.07 Å². The molecule has 1 amide bonds. The third-order valence-corrected chi connectivity index (χ3v) is 7.93. The quantitative estimate of drug-likeness (QED) is 0.328. The Hall–Kier alpha value is -4.29. The Morgan fingerprint density at radius 1 is 1.12 bits per heavy atom. The minimum absolute atomic E-state index is 0.00571. The summed E-state index contributed by atoms with van der Waals surface area (Å²) in [7, 11) is 3.20. The van der Waals surface area contributed by atoms with Crippen LogP contribution >= 0.6 is 0 Å². The van der Waals surface area contributed by atoms with Crippen LogP contribution in [0, 0.1) is 11.8 Å². The Morgan fingerprint density at radius 2 is 1.80 bits per heavy atom. The summed E-state index contributed by atoms with van der Waals surface area (Å²) >= 11 is 0. The van der Waals surface area contributed by atoms with E-state index in [4.69, 9.17) is 10.5 Å². The number of phenolic OH excluding ortho intramolecular Hbond substituents is 1. The summed E-state index contributed by atoms with van der Waals surface area (Å²) in [6, 6.07) is 1.63. The third kappa shape index (κ3) is 3.70. The molecule has 0 aromatic heterocycles. The van der Waals surface area contributed by atoms with Crippen LogP contribution in [0.15, 0.2) is 49.5 Å². The van der Waals surface area contributed by atoms with Gasteiger partial charge in [-0.3, -0.25) is 24.1 Å². The zero-order chi connectivity index (χ0) is 29.4. The molecular weight excluding hydrogens is 522 g/mol. The molecule has 0 saturated carbocycles. The maximum atomic E-state index is 13.8. The number of aromatic hydroxyl groups is 1. The highest BCUT2D eigenvalue weighted by Crippen LogP contribution is 2.51. The van der Waals surface area contributed by atoms with Crippen molar-refractivity contribution in [2.24, 2.45) is 22.6 Å². The van der Waals surface area contributed by atoms with Crippen LogP contribution in [0.4, 0.5) is 0 Å². The fourth-order valence-electron chi connectivity index (χ4n) is 6.23. The van der Waals surface area contributed by atoms with Gasteiger partial charge in [-0.05, 0) is 63.9 Å². The van der Waals surface area contributed by atoms with E-state index in [0.29, 0.717) is 5.56 Å². The lowest BCUT2D eigenvalue weighted by Crippen LogP contribution is -2.56. The van der Waals surface area contributed by atoms with Gasteiger partial charge in [0.1, 0.15) is 17.3 Å². The van der Waals surface area contributed by atoms with Gasteiger partial charge in [0, 0.05) is 17.7 Å². The molecule has 4 atom stereocenters. The second-order valence-electron chi connectivity index (χ2n) is 10.9. The zero-order valence-corrected chi connectivity index (χ0v) is 22.3. The number of carbonyl (C=O) groups excluding carboxylic acids is 2. The topological polar surface area (TPSA) is 200 Å². The Kier molecular flexibility index (Phi) is 6.23. The molecule has 2 aliphatic carbocycles. The number of rotatable bonds is 5. The van der Waals surface area contributed by atoms with E-state index in [1.807, 2.05) is 0 Å². The van der Waals surface area contributed by atoms with E-state index in [1.54, 1.807) is 27.9 Å². The van der Waals surface area contributed by atoms with Crippen LogP contribution in [-0.2, 0) is 11.2 Å². The number of aliphatic imine (C=N–C) groups is 1. The molecule has 6 N–H and O–H groups in total. The third-order valence-electron chi connectivity index (χ3n) is 7.93. The first-order chi connectivity index (χ1) is 18.7. The van der Waals surface area contributed by atoms with Crippen LogP contribution in [0.5, 0.6) is 11.5 Å². The minimum atomic E-state index is -2.26. The highest BCUT2D eigenvalue weighted by atomic mass is 16.5. The van der Waals surface area contributed by atoms with E-state index in [1.165, 1.54) is 17.0 Å². The van der Waals surface area contributed by atoms with E-state index in [9.17, 15) is 39.6 Å². The fraction of sp³-hybridized carbons (Fsp3) is 0.393. The normalized spacial score (nSPS) is 26.2. The zero-order valence-electron chi connectivity index (χ0n) is 22.3. The molecule has 0 saturated heterocycles. The van der Waals surface area contributed by atoms with Gasteiger partial charge < -0.3 is 30.9 Å². The van der Waals surface area contributed by atoms with Crippen LogP contribution in [-0.4, -0.2) is 75.1 Å². The number of hydrogen-bond acceptors (Lipinski definition) is 11. The van der Waals surface area contributed by atoms with E-state index in [2.05, 4.69) is 4.99 Å². The molecule has 5 rings (SSSR count). The summed E-state index contributed by atoms with van der Waals surface area (Å²) in [5, 5.41) is 44.8. The molecule has 0 fully saturated rings. The standard InChI is InChI=1S/C28H29N3O9/c1-10(2)40-25-18(22(34)24(25)36)12-5-6-15(32)17-13(12)7-11-8-14-20(31(3)4)23(35)19(27(29)38)30-9-28(14,39)26(37)16(11)21(17)33/h5-6,9-11,14,20,32,35,37,39H,7-8H2,1-4H3,(H2,29,38)/t11-,14-,20-,28-/m0/s1. The molecule has 0 radical (unpaired) electrons. The number of ether oxygens (including phenoxy) is 1. The molecule has 40 heavy (non-hydrogen) atoms. The number of carbonyl (C=O) groups is 2. The molecule has 0 bridgehead atoms. The number of nitrogens with zero attached hydrogens (tertiary/aromatic N) is 2. The van der Waals surface area contributed by atoms with Gasteiger partial charge in [0.25, 0.3) is 11.3 Å². The number of Topliss-reactive ketones (excluding diaryl/α,β-unsaturated/α-hetero) is 1. The number of benzene rings is 1. The number of nitrogens with two attached hydrogens (primary N) is 1. The van der Waals surface area contributed by atoms with Crippen molar-refractivity contribution in [3.05, 3.63) is 66.5 Å². The number of allylic oxidation sites excluding steroid dienone is 1. The van der Waals surface area contributed by atoms with E-state index >= 15 is 0 Å². The smallest absolute Gasteiger partial charge is 0.270 e. The Bertz CT molecular complexity index is 1640. The van der Waals surface area contributed by atoms with Gasteiger partial charge in [-0.2, -0.15) is 0 Å². The lowest BCUT2D eigenvalue weighted by molar-refractivity contribution is -0.114. The highest BCUT2D eigenvalue weighted by molar-refractivity contribution is 6.15. The van der Waals surface area contributed by atoms with Gasteiger partial charge in [0.05, 0.1) is 23.3 Å². The molecule has 12 nitrogen and oxygen atoms in total. The van der Waals surface area contributed by atoms with Crippen LogP contribution in [0.3, 0.4) is 0 Å². The Balaban J connectivity index is 1.70. The molecule has 1 heterocycles. The van der Waals surface area contributed by atoms with Gasteiger partial charge in [-0.25, -0.2) is 4.99 Å². The number of likely N-dealkylation sites (N-methyl/N-ethyl adjacent to an activating group) is 1. The van der Waals surface area contributed by atoms with Gasteiger partial charge in [0.2, 0.25) is 5.43 Å². The number of ketones is 1. The van der Waals surface area contributed by atoms with Crippen molar-refractivity contribution >= 4 is 17.9 Å². The van der Waals surface area contributed by atoms with Crippen LogP contribution < -0.4 is 21.3 Å². The Morgan fingerprint density at radius 3 is 2.40 bits per heavy atom. The first-order valence-electron chi connectivity index (χ1n) is 12.7. The van der Waals surface area contributed by atoms with Crippen molar-refractivity contribution < 1.29 is 34.8 Å². The number of phenols is 1. The summed E-state index contributed by atoms with van der Waals surface area (Å²) in [5.41, 5.74) is 1.31. The number of amides is 1. The summed E-state index contributed by atoms with van der Waals surface area (Å²) in [4.78, 5) is 56.2. The Labute approximate surface area is 228 Å². The molecule has 0 spiro atoms. The van der Waals surface area contributed by atoms with Gasteiger partial charge in [-0.15, -0.1) is 0 Å². The largest absolute Gasteiger partial charge is 0.508 e. The summed E-state index contributed by atoms with van der Waals surface area (Å²) < 4.78 is 5.58. The van der Waals surface area contributed by atoms with Crippen molar-refractivity contribution in [3.63, 3.8) is 0 Å². The monoisotopic (exact) mass is 551 g/mol. The predicted molar refractivity (Wildman–Crippen MR) is 143 cm³/mol. The second-order valence-corrected chi connectivity index (χ2v) is 10.9. The summed E-state index contributed by atoms with van der Waals surface area (Å²) in [6.07, 6.45) is 0.572. The number of fused-ring (bicyclic) bond motifs is 3. The summed E-state index contributed by atoms with van der Waals surface area (Å²) in [6.45, 7) is 3.40. The molecule has 0 unspecified atom stereocenters. The first kappa shape index (κ1) is 27.3. The maximum absolute atomic E-state index is 13.8. The first-order valence-corrected chi connectivity index (χ1v) is 12.7. The number of hydrogen-bond donors (Lipinski definition) is 5. The van der Waals surface area contributed by atoms with Crippen molar-refractivity contribution in [2.75, 3.05) is 14.1 Å². The second kappa shape index (κ2) is 9.14. The van der Waals surface area contributed by atoms with Crippen molar-refractivity contribution in [1.82, 2.24) is 4.90 Å². The SMILES string of the molecule is CC(C)Oc1c(-c2ccc(O)c3c2C[C@H]2C[C@H]4[C@H](N(C)C)C(O)=C(C(N)=O)N=C[C@@]4(O)C(O)=C2C3=O)c(=O)c1=O. The molecule has 2 aromatic carbocycles. The molecule has 2 aromatic rings. The maximum Gasteiger partial charge on any atom is 0.270 e. The molecule has 12 heteroatoms. The lowest BCUT2D eigenvalue weighted by atomic mass is 9.62. The highest BCUT2D eigenvalue weighted by Gasteiger charge is 2.56. The van der Waals surface area contributed by atoms with Crippen LogP contribution in [0.1, 0.15) is 36.2 Å². The molecular formula is C28H29N3O9. The van der Waals surface area contributed by atoms with E-state index < -0.39 is 75.1 Å². The number of aliphatic hydroxyl groups excluding tert-OH is 2.